The van der Waals surface area contributed by atoms with Gasteiger partial charge in [0, 0.05) is 24.9 Å². The van der Waals surface area contributed by atoms with Gasteiger partial charge in [0.15, 0.2) is 0 Å². The van der Waals surface area contributed by atoms with Crippen LogP contribution in [0.4, 0.5) is 5.69 Å². The summed E-state index contributed by atoms with van der Waals surface area (Å²) in [6, 6.07) is 11.7. The van der Waals surface area contributed by atoms with Crippen LogP contribution in [0, 0.1) is 0 Å². The molecule has 0 fully saturated rings. The van der Waals surface area contributed by atoms with Crippen molar-refractivity contribution in [3.8, 4) is 0 Å². The molecule has 2 aromatic carbocycles. The zero-order valence-corrected chi connectivity index (χ0v) is 16.8. The van der Waals surface area contributed by atoms with E-state index >= 15 is 0 Å². The minimum Gasteiger partial charge on any atom is -0.383 e. The molecule has 0 unspecified atom stereocenters. The summed E-state index contributed by atoms with van der Waals surface area (Å²) in [5, 5.41) is 3.22. The van der Waals surface area contributed by atoms with Crippen LogP contribution in [0.25, 0.3) is 10.9 Å². The number of ether oxygens (including phenoxy) is 1. The lowest BCUT2D eigenvalue weighted by Crippen LogP contribution is -2.42. The lowest BCUT2D eigenvalue weighted by Gasteiger charge is -2.23. The summed E-state index contributed by atoms with van der Waals surface area (Å²) >= 11 is 0. The molecule has 30 heavy (non-hydrogen) atoms. The summed E-state index contributed by atoms with van der Waals surface area (Å²) in [5.74, 6) is -0.476. The first kappa shape index (κ1) is 19.8. The van der Waals surface area contributed by atoms with Crippen LogP contribution in [0.5, 0.6) is 0 Å². The van der Waals surface area contributed by atoms with E-state index in [9.17, 15) is 14.4 Å². The molecule has 154 valence electrons. The van der Waals surface area contributed by atoms with E-state index in [0.717, 1.165) is 5.56 Å². The highest BCUT2D eigenvalue weighted by molar-refractivity contribution is 6.03. The van der Waals surface area contributed by atoms with Crippen LogP contribution in [0.3, 0.4) is 0 Å². The SMILES string of the molecule is COCCn1cnc2ccc(NC(=O)[C@@H](C)N3Cc4ccccc4C3=O)cc2c1=O. The Morgan fingerprint density at radius 2 is 2.03 bits per heavy atom. The minimum absolute atomic E-state index is 0.156. The fourth-order valence-electron chi connectivity index (χ4n) is 3.56. The van der Waals surface area contributed by atoms with Gasteiger partial charge in [-0.1, -0.05) is 18.2 Å². The van der Waals surface area contributed by atoms with Crippen molar-refractivity contribution in [3.05, 3.63) is 70.3 Å². The predicted octanol–water partition coefficient (Wildman–Crippen LogP) is 2.03. The Bertz CT molecular complexity index is 1190. The van der Waals surface area contributed by atoms with Crippen LogP contribution in [0.15, 0.2) is 53.6 Å². The molecule has 8 nitrogen and oxygen atoms in total. The summed E-state index contributed by atoms with van der Waals surface area (Å²) in [5.41, 5.74) is 2.37. The maximum atomic E-state index is 12.8. The van der Waals surface area contributed by atoms with Crippen LogP contribution >= 0.6 is 0 Å². The Kier molecular flexibility index (Phi) is 5.33. The molecule has 4 rings (SSSR count). The maximum Gasteiger partial charge on any atom is 0.261 e. The fourth-order valence-corrected chi connectivity index (χ4v) is 3.56. The first-order chi connectivity index (χ1) is 14.5. The van der Waals surface area contributed by atoms with Gasteiger partial charge >= 0.3 is 0 Å². The van der Waals surface area contributed by atoms with Gasteiger partial charge in [0.25, 0.3) is 11.5 Å². The quantitative estimate of drug-likeness (QED) is 0.676. The lowest BCUT2D eigenvalue weighted by molar-refractivity contribution is -0.120. The summed E-state index contributed by atoms with van der Waals surface area (Å²) in [6.07, 6.45) is 1.49. The molecule has 0 radical (unpaired) electrons. The number of fused-ring (bicyclic) bond motifs is 2. The van der Waals surface area contributed by atoms with Crippen molar-refractivity contribution in [2.24, 2.45) is 0 Å². The standard InChI is InChI=1S/C22H22N4O4/c1-14(26-12-15-5-3-4-6-17(15)22(26)29)20(27)24-16-7-8-19-18(11-16)21(28)25(13-23-19)9-10-30-2/h3-8,11,13-14H,9-10,12H2,1-2H3,(H,24,27)/t14-/m1/s1. The summed E-state index contributed by atoms with van der Waals surface area (Å²) in [4.78, 5) is 43.9. The maximum absolute atomic E-state index is 12.8. The van der Waals surface area contributed by atoms with Gasteiger partial charge < -0.3 is 15.0 Å². The van der Waals surface area contributed by atoms with Crippen LogP contribution in [0.1, 0.15) is 22.8 Å². The summed E-state index contributed by atoms with van der Waals surface area (Å²) in [6.45, 7) is 2.88. The van der Waals surface area contributed by atoms with Gasteiger partial charge in [-0.15, -0.1) is 0 Å². The van der Waals surface area contributed by atoms with Crippen molar-refractivity contribution in [1.29, 1.82) is 0 Å². The Balaban J connectivity index is 1.53. The fraction of sp³-hybridized carbons (Fsp3) is 0.273. The summed E-state index contributed by atoms with van der Waals surface area (Å²) < 4.78 is 6.49. The first-order valence-electron chi connectivity index (χ1n) is 9.67. The van der Waals surface area contributed by atoms with E-state index in [-0.39, 0.29) is 17.4 Å². The highest BCUT2D eigenvalue weighted by atomic mass is 16.5. The Morgan fingerprint density at radius 3 is 2.80 bits per heavy atom. The van der Waals surface area contributed by atoms with E-state index in [1.54, 1.807) is 43.2 Å². The molecule has 1 aliphatic rings. The Labute approximate surface area is 173 Å². The number of rotatable bonds is 6. The average molecular weight is 406 g/mol. The van der Waals surface area contributed by atoms with Gasteiger partial charge in [-0.25, -0.2) is 4.98 Å². The second-order valence-corrected chi connectivity index (χ2v) is 7.22. The highest BCUT2D eigenvalue weighted by Crippen LogP contribution is 2.25. The second-order valence-electron chi connectivity index (χ2n) is 7.22. The third-order valence-electron chi connectivity index (χ3n) is 5.32. The second kappa shape index (κ2) is 8.08. The number of methoxy groups -OCH3 is 1. The molecular formula is C22H22N4O4. The van der Waals surface area contributed by atoms with Crippen LogP contribution in [-0.4, -0.2) is 46.0 Å². The molecular weight excluding hydrogens is 384 g/mol. The van der Waals surface area contributed by atoms with Crippen LogP contribution < -0.4 is 10.9 Å². The van der Waals surface area contributed by atoms with Gasteiger partial charge in [0.2, 0.25) is 5.91 Å². The molecule has 1 atom stereocenters. The normalized spacial score (nSPS) is 14.1. The van der Waals surface area contributed by atoms with E-state index in [1.165, 1.54) is 10.9 Å². The molecule has 1 N–H and O–H groups in total. The lowest BCUT2D eigenvalue weighted by atomic mass is 10.1. The molecule has 1 aromatic heterocycles. The molecule has 0 saturated heterocycles. The van der Waals surface area contributed by atoms with Crippen molar-refractivity contribution in [2.45, 2.75) is 26.1 Å². The van der Waals surface area contributed by atoms with Crippen molar-refractivity contribution in [1.82, 2.24) is 14.5 Å². The number of nitrogens with one attached hydrogen (secondary N) is 1. The third kappa shape index (κ3) is 3.57. The molecule has 2 amide bonds. The minimum atomic E-state index is -0.659. The van der Waals surface area contributed by atoms with Gasteiger partial charge in [-0.3, -0.25) is 19.0 Å². The molecule has 0 bridgehead atoms. The number of aromatic nitrogens is 2. The first-order valence-corrected chi connectivity index (χ1v) is 9.67. The molecule has 3 aromatic rings. The van der Waals surface area contributed by atoms with Gasteiger partial charge in [-0.05, 0) is 36.8 Å². The molecule has 0 aliphatic carbocycles. The predicted molar refractivity (Wildman–Crippen MR) is 112 cm³/mol. The molecule has 2 heterocycles. The molecule has 0 saturated carbocycles. The Hall–Kier alpha value is -3.52. The number of carbonyl (C=O) groups excluding carboxylic acids is 2. The monoisotopic (exact) mass is 406 g/mol. The number of benzene rings is 2. The zero-order valence-electron chi connectivity index (χ0n) is 16.8. The highest BCUT2D eigenvalue weighted by Gasteiger charge is 2.33. The van der Waals surface area contributed by atoms with Crippen molar-refractivity contribution in [3.63, 3.8) is 0 Å². The zero-order chi connectivity index (χ0) is 21.3. The van der Waals surface area contributed by atoms with Gasteiger partial charge in [0.05, 0.1) is 30.4 Å². The molecule has 1 aliphatic heterocycles. The van der Waals surface area contributed by atoms with Crippen LogP contribution in [0.2, 0.25) is 0 Å². The van der Waals surface area contributed by atoms with Gasteiger partial charge in [-0.2, -0.15) is 0 Å². The van der Waals surface area contributed by atoms with E-state index in [1.807, 2.05) is 18.2 Å². The van der Waals surface area contributed by atoms with E-state index in [2.05, 4.69) is 10.3 Å². The third-order valence-corrected chi connectivity index (χ3v) is 5.32. The van der Waals surface area contributed by atoms with E-state index in [4.69, 9.17) is 4.74 Å². The van der Waals surface area contributed by atoms with Crippen LogP contribution in [-0.2, 0) is 22.6 Å². The van der Waals surface area contributed by atoms with Crippen molar-refractivity contribution >= 4 is 28.4 Å². The number of nitrogens with zero attached hydrogens (tertiary/aromatic N) is 3. The molecule has 0 spiro atoms. The Morgan fingerprint density at radius 1 is 1.23 bits per heavy atom. The summed E-state index contributed by atoms with van der Waals surface area (Å²) in [7, 11) is 1.57. The van der Waals surface area contributed by atoms with Crippen molar-refractivity contribution < 1.29 is 14.3 Å². The van der Waals surface area contributed by atoms with Crippen molar-refractivity contribution in [2.75, 3.05) is 19.0 Å². The molecule has 8 heteroatoms. The topological polar surface area (TPSA) is 93.5 Å². The number of anilines is 1. The largest absolute Gasteiger partial charge is 0.383 e. The number of hydrogen-bond acceptors (Lipinski definition) is 5. The number of hydrogen-bond donors (Lipinski definition) is 1. The van der Waals surface area contributed by atoms with E-state index in [0.29, 0.717) is 41.9 Å². The van der Waals surface area contributed by atoms with Gasteiger partial charge in [0.1, 0.15) is 6.04 Å². The smallest absolute Gasteiger partial charge is 0.261 e. The number of amides is 2. The average Bonchev–Trinajstić information content (AvgIpc) is 3.10. The van der Waals surface area contributed by atoms with E-state index < -0.39 is 6.04 Å². The number of carbonyl (C=O) groups is 2.